The minimum atomic E-state index is -0.377. The molecule has 0 fully saturated rings. The average Bonchev–Trinajstić information content (AvgIpc) is 2.72. The van der Waals surface area contributed by atoms with E-state index < -0.39 is 0 Å². The van der Waals surface area contributed by atoms with Crippen LogP contribution in [-0.2, 0) is 17.6 Å². The predicted octanol–water partition coefficient (Wildman–Crippen LogP) is 5.69. The van der Waals surface area contributed by atoms with Gasteiger partial charge in [-0.1, -0.05) is 27.7 Å². The van der Waals surface area contributed by atoms with E-state index in [1.165, 1.54) is 0 Å². The molecule has 1 aliphatic rings. The van der Waals surface area contributed by atoms with Crippen molar-refractivity contribution in [1.29, 1.82) is 0 Å². The van der Waals surface area contributed by atoms with Crippen LogP contribution in [-0.4, -0.2) is 17.9 Å². The maximum absolute atomic E-state index is 12.4. The number of rotatable bonds is 4. The molecule has 1 aromatic heterocycles. The molecule has 2 aromatic rings. The van der Waals surface area contributed by atoms with Crippen molar-refractivity contribution in [2.24, 2.45) is 0 Å². The zero-order chi connectivity index (χ0) is 21.3. The van der Waals surface area contributed by atoms with Crippen molar-refractivity contribution in [2.45, 2.75) is 73.3 Å². The lowest BCUT2D eigenvalue weighted by atomic mass is 9.90. The molecule has 0 saturated carbocycles. The summed E-state index contributed by atoms with van der Waals surface area (Å²) >= 11 is 5.61. The Morgan fingerprint density at radius 3 is 2.32 bits per heavy atom. The molecule has 0 radical (unpaired) electrons. The SMILES string of the molecule is CC.CC.CC(C)Oc1ccc2c3c(c(=O)oc2c1NC(=O)CCl)CCCC3. The average molecular weight is 410 g/mol. The fourth-order valence-corrected chi connectivity index (χ4v) is 3.20. The zero-order valence-corrected chi connectivity index (χ0v) is 18.5. The van der Waals surface area contributed by atoms with E-state index in [2.05, 4.69) is 5.32 Å². The quantitative estimate of drug-likeness (QED) is 0.520. The van der Waals surface area contributed by atoms with Crippen LogP contribution >= 0.6 is 11.6 Å². The van der Waals surface area contributed by atoms with Gasteiger partial charge in [-0.25, -0.2) is 4.79 Å². The highest BCUT2D eigenvalue weighted by atomic mass is 35.5. The summed E-state index contributed by atoms with van der Waals surface area (Å²) in [5.74, 6) is -0.0971. The molecule has 1 N–H and O–H groups in total. The van der Waals surface area contributed by atoms with E-state index in [4.69, 9.17) is 20.8 Å². The van der Waals surface area contributed by atoms with Gasteiger partial charge in [-0.2, -0.15) is 0 Å². The standard InChI is InChI=1S/C18H20ClNO4.2C2H6/c1-10(2)23-14-8-7-12-11-5-3-4-6-13(11)18(22)24-17(12)16(14)20-15(21)9-19;2*1-2/h7-8,10H,3-6,9H2,1-2H3,(H,20,21);2*1-2H3. The molecule has 6 heteroatoms. The largest absolute Gasteiger partial charge is 0.489 e. The maximum atomic E-state index is 12.4. The molecule has 0 unspecified atom stereocenters. The minimum absolute atomic E-state index is 0.0848. The summed E-state index contributed by atoms with van der Waals surface area (Å²) in [5.41, 5.74) is 2.17. The first-order valence-corrected chi connectivity index (χ1v) is 10.7. The summed E-state index contributed by atoms with van der Waals surface area (Å²) in [4.78, 5) is 24.2. The Morgan fingerprint density at radius 2 is 1.75 bits per heavy atom. The predicted molar refractivity (Wildman–Crippen MR) is 117 cm³/mol. The van der Waals surface area contributed by atoms with Crippen LogP contribution in [0.5, 0.6) is 5.75 Å². The summed E-state index contributed by atoms with van der Waals surface area (Å²) in [7, 11) is 0. The van der Waals surface area contributed by atoms with Gasteiger partial charge in [0.1, 0.15) is 17.3 Å². The molecule has 1 aromatic carbocycles. The second-order valence-corrected chi connectivity index (χ2v) is 6.48. The molecule has 1 aliphatic carbocycles. The highest BCUT2D eigenvalue weighted by Crippen LogP contribution is 2.37. The first-order chi connectivity index (χ1) is 13.5. The zero-order valence-electron chi connectivity index (χ0n) is 17.8. The number of hydrogen-bond acceptors (Lipinski definition) is 4. The van der Waals surface area contributed by atoms with Crippen molar-refractivity contribution >= 4 is 34.2 Å². The number of ether oxygens (including phenoxy) is 1. The van der Waals surface area contributed by atoms with Crippen LogP contribution in [0.3, 0.4) is 0 Å². The number of nitrogens with one attached hydrogen (secondary N) is 1. The van der Waals surface area contributed by atoms with Crippen LogP contribution in [0.25, 0.3) is 11.0 Å². The molecule has 0 saturated heterocycles. The number of halogens is 1. The minimum Gasteiger partial charge on any atom is -0.489 e. The summed E-state index contributed by atoms with van der Waals surface area (Å²) < 4.78 is 11.3. The molecule has 1 amide bonds. The second-order valence-electron chi connectivity index (χ2n) is 6.22. The normalized spacial score (nSPS) is 12.3. The number of carbonyl (C=O) groups excluding carboxylic acids is 1. The Morgan fingerprint density at radius 1 is 1.14 bits per heavy atom. The van der Waals surface area contributed by atoms with E-state index in [0.29, 0.717) is 17.0 Å². The number of carbonyl (C=O) groups is 1. The Kier molecular flexibility index (Phi) is 10.1. The van der Waals surface area contributed by atoms with Crippen LogP contribution in [0, 0.1) is 0 Å². The van der Waals surface area contributed by atoms with Crippen molar-refractivity contribution in [3.63, 3.8) is 0 Å². The molecule has 0 atom stereocenters. The Labute approximate surface area is 172 Å². The smallest absolute Gasteiger partial charge is 0.339 e. The van der Waals surface area contributed by atoms with Gasteiger partial charge in [-0.05, 0) is 57.2 Å². The van der Waals surface area contributed by atoms with E-state index in [0.717, 1.165) is 42.2 Å². The van der Waals surface area contributed by atoms with Crippen molar-refractivity contribution in [3.8, 4) is 5.75 Å². The number of aryl methyl sites for hydroxylation is 1. The van der Waals surface area contributed by atoms with Gasteiger partial charge in [-0.3, -0.25) is 4.79 Å². The first-order valence-electron chi connectivity index (χ1n) is 10.1. The fourth-order valence-electron chi connectivity index (χ4n) is 3.13. The lowest BCUT2D eigenvalue weighted by molar-refractivity contribution is -0.113. The molecule has 156 valence electrons. The Hall–Kier alpha value is -2.01. The van der Waals surface area contributed by atoms with Crippen molar-refractivity contribution in [2.75, 3.05) is 11.2 Å². The fraction of sp³-hybridized carbons (Fsp3) is 0.545. The van der Waals surface area contributed by atoms with Crippen LogP contribution in [0.15, 0.2) is 21.3 Å². The molecule has 28 heavy (non-hydrogen) atoms. The number of anilines is 1. The summed E-state index contributed by atoms with van der Waals surface area (Å²) in [5, 5.41) is 3.57. The number of fused-ring (bicyclic) bond motifs is 3. The lowest BCUT2D eigenvalue weighted by Crippen LogP contribution is -2.19. The van der Waals surface area contributed by atoms with E-state index in [-0.39, 0.29) is 23.5 Å². The molecule has 1 heterocycles. The van der Waals surface area contributed by atoms with Gasteiger partial charge >= 0.3 is 5.63 Å². The summed E-state index contributed by atoms with van der Waals surface area (Å²) in [6.45, 7) is 11.8. The van der Waals surface area contributed by atoms with Crippen LogP contribution in [0.2, 0.25) is 0 Å². The van der Waals surface area contributed by atoms with Gasteiger partial charge in [0.25, 0.3) is 0 Å². The molecule has 0 aliphatic heterocycles. The van der Waals surface area contributed by atoms with E-state index in [1.54, 1.807) is 6.07 Å². The highest BCUT2D eigenvalue weighted by molar-refractivity contribution is 6.29. The van der Waals surface area contributed by atoms with E-state index in [1.807, 2.05) is 47.6 Å². The van der Waals surface area contributed by atoms with Gasteiger partial charge in [0.15, 0.2) is 5.58 Å². The molecular weight excluding hydrogens is 378 g/mol. The number of amides is 1. The van der Waals surface area contributed by atoms with Crippen molar-refractivity contribution in [3.05, 3.63) is 33.7 Å². The summed E-state index contributed by atoms with van der Waals surface area (Å²) in [6.07, 6.45) is 3.53. The van der Waals surface area contributed by atoms with Gasteiger partial charge in [-0.15, -0.1) is 11.6 Å². The summed E-state index contributed by atoms with van der Waals surface area (Å²) in [6, 6.07) is 3.71. The molecular formula is C22H32ClNO4. The van der Waals surface area contributed by atoms with Gasteiger partial charge in [0.05, 0.1) is 6.10 Å². The van der Waals surface area contributed by atoms with E-state index >= 15 is 0 Å². The topological polar surface area (TPSA) is 68.5 Å². The Balaban J connectivity index is 0.000000921. The van der Waals surface area contributed by atoms with Crippen molar-refractivity contribution in [1.82, 2.24) is 0 Å². The number of hydrogen-bond donors (Lipinski definition) is 1. The first kappa shape index (κ1) is 24.0. The van der Waals surface area contributed by atoms with Gasteiger partial charge in [0, 0.05) is 10.9 Å². The van der Waals surface area contributed by atoms with Gasteiger partial charge < -0.3 is 14.5 Å². The second kappa shape index (κ2) is 11.7. The molecule has 5 nitrogen and oxygen atoms in total. The third kappa shape index (κ3) is 5.51. The van der Waals surface area contributed by atoms with Crippen molar-refractivity contribution < 1.29 is 13.9 Å². The van der Waals surface area contributed by atoms with Crippen LogP contribution in [0.1, 0.15) is 65.5 Å². The third-order valence-electron chi connectivity index (χ3n) is 4.10. The molecule has 0 spiro atoms. The monoisotopic (exact) mass is 409 g/mol. The van der Waals surface area contributed by atoms with E-state index in [9.17, 15) is 9.59 Å². The lowest BCUT2D eigenvalue weighted by Gasteiger charge is -2.20. The highest BCUT2D eigenvalue weighted by Gasteiger charge is 2.22. The molecule has 3 rings (SSSR count). The maximum Gasteiger partial charge on any atom is 0.339 e. The Bertz CT molecular complexity index is 843. The number of alkyl halides is 1. The molecule has 0 bridgehead atoms. The number of benzene rings is 1. The van der Waals surface area contributed by atoms with Crippen LogP contribution < -0.4 is 15.7 Å². The van der Waals surface area contributed by atoms with Gasteiger partial charge in [0.2, 0.25) is 5.91 Å². The third-order valence-corrected chi connectivity index (χ3v) is 4.34. The van der Waals surface area contributed by atoms with Crippen LogP contribution in [0.4, 0.5) is 5.69 Å².